The summed E-state index contributed by atoms with van der Waals surface area (Å²) in [5.74, 6) is -1.39. The number of imidazole rings is 1. The van der Waals surface area contributed by atoms with Gasteiger partial charge in [0.25, 0.3) is 6.29 Å². The lowest BCUT2D eigenvalue weighted by molar-refractivity contribution is -0.0297. The molecule has 0 saturated heterocycles. The first-order valence-corrected chi connectivity index (χ1v) is 6.86. The average Bonchev–Trinajstić information content (AvgIpc) is 3.19. The summed E-state index contributed by atoms with van der Waals surface area (Å²) < 4.78 is 38.8. The third kappa shape index (κ3) is 2.61. The van der Waals surface area contributed by atoms with Crippen molar-refractivity contribution in [2.24, 2.45) is 0 Å². The molecule has 1 aromatic heterocycles. The van der Waals surface area contributed by atoms with Crippen LogP contribution in [0.2, 0.25) is 0 Å². The molecule has 5 nitrogen and oxygen atoms in total. The standard InChI is InChI=1S/C15H15F2N3O2/c1-2-20(8-10-7-18-9-19-10)12-4-3-11(16)13(14(12)17)15-21-5-6-22-15/h3-7,9,15H,2,8H2,1H3,(H,18,19). The van der Waals surface area contributed by atoms with Crippen molar-refractivity contribution in [3.63, 3.8) is 0 Å². The zero-order valence-corrected chi connectivity index (χ0v) is 11.9. The summed E-state index contributed by atoms with van der Waals surface area (Å²) in [5, 5.41) is 0. The van der Waals surface area contributed by atoms with E-state index in [-0.39, 0.29) is 11.3 Å². The molecule has 0 radical (unpaired) electrons. The Labute approximate surface area is 126 Å². The highest BCUT2D eigenvalue weighted by Crippen LogP contribution is 2.33. The molecule has 7 heteroatoms. The van der Waals surface area contributed by atoms with E-state index >= 15 is 0 Å². The summed E-state index contributed by atoms with van der Waals surface area (Å²) in [6.07, 6.45) is 4.65. The molecule has 22 heavy (non-hydrogen) atoms. The Bertz CT molecular complexity index is 666. The highest BCUT2D eigenvalue weighted by Gasteiger charge is 2.27. The molecule has 0 bridgehead atoms. The van der Waals surface area contributed by atoms with Crippen molar-refractivity contribution in [2.75, 3.05) is 11.4 Å². The summed E-state index contributed by atoms with van der Waals surface area (Å²) in [5.41, 5.74) is 0.889. The quantitative estimate of drug-likeness (QED) is 0.921. The molecule has 3 rings (SSSR count). The predicted molar refractivity (Wildman–Crippen MR) is 75.7 cm³/mol. The van der Waals surface area contributed by atoms with Crippen LogP contribution in [0.15, 0.2) is 37.2 Å². The monoisotopic (exact) mass is 307 g/mol. The lowest BCUT2D eigenvalue weighted by Crippen LogP contribution is -2.24. The van der Waals surface area contributed by atoms with Crippen molar-refractivity contribution in [3.05, 3.63) is 60.1 Å². The van der Waals surface area contributed by atoms with Gasteiger partial charge in [0.2, 0.25) is 0 Å². The smallest absolute Gasteiger partial charge is 0.272 e. The summed E-state index contributed by atoms with van der Waals surface area (Å²) >= 11 is 0. The topological polar surface area (TPSA) is 50.4 Å². The number of ether oxygens (including phenoxy) is 2. The third-order valence-corrected chi connectivity index (χ3v) is 3.44. The van der Waals surface area contributed by atoms with E-state index in [0.717, 1.165) is 5.69 Å². The van der Waals surface area contributed by atoms with E-state index in [1.165, 1.54) is 24.7 Å². The fourth-order valence-electron chi connectivity index (χ4n) is 2.34. The first-order valence-electron chi connectivity index (χ1n) is 6.86. The largest absolute Gasteiger partial charge is 0.455 e. The Morgan fingerprint density at radius 2 is 2.05 bits per heavy atom. The molecule has 1 N–H and O–H groups in total. The fraction of sp³-hybridized carbons (Fsp3) is 0.267. The Morgan fingerprint density at radius 3 is 2.68 bits per heavy atom. The summed E-state index contributed by atoms with van der Waals surface area (Å²) in [6, 6.07) is 2.63. The van der Waals surface area contributed by atoms with Gasteiger partial charge in [0.05, 0.1) is 24.3 Å². The molecule has 0 atom stereocenters. The molecule has 0 unspecified atom stereocenters. The number of hydrogen-bond acceptors (Lipinski definition) is 4. The Balaban J connectivity index is 1.93. The minimum Gasteiger partial charge on any atom is -0.455 e. The summed E-state index contributed by atoms with van der Waals surface area (Å²) in [7, 11) is 0. The molecular weight excluding hydrogens is 292 g/mol. The number of anilines is 1. The number of aromatic amines is 1. The molecule has 0 saturated carbocycles. The number of H-pyrrole nitrogens is 1. The van der Waals surface area contributed by atoms with Gasteiger partial charge in [-0.3, -0.25) is 0 Å². The Hall–Kier alpha value is -2.57. The van der Waals surface area contributed by atoms with Gasteiger partial charge in [-0.2, -0.15) is 0 Å². The predicted octanol–water partition coefficient (Wildman–Crippen LogP) is 3.23. The van der Waals surface area contributed by atoms with Gasteiger partial charge < -0.3 is 19.4 Å². The van der Waals surface area contributed by atoms with Crippen LogP contribution in [0.1, 0.15) is 24.5 Å². The van der Waals surface area contributed by atoms with Gasteiger partial charge in [-0.1, -0.05) is 0 Å². The minimum absolute atomic E-state index is 0.231. The van der Waals surface area contributed by atoms with Gasteiger partial charge in [-0.05, 0) is 19.1 Å². The van der Waals surface area contributed by atoms with Crippen LogP contribution in [0.5, 0.6) is 0 Å². The van der Waals surface area contributed by atoms with Crippen molar-refractivity contribution in [2.45, 2.75) is 19.8 Å². The highest BCUT2D eigenvalue weighted by molar-refractivity contribution is 5.51. The van der Waals surface area contributed by atoms with Crippen LogP contribution in [0.4, 0.5) is 14.5 Å². The van der Waals surface area contributed by atoms with Crippen molar-refractivity contribution >= 4 is 5.69 Å². The third-order valence-electron chi connectivity index (χ3n) is 3.44. The lowest BCUT2D eigenvalue weighted by atomic mass is 10.1. The molecule has 2 aromatic rings. The number of rotatable bonds is 5. The molecule has 116 valence electrons. The normalized spacial score (nSPS) is 14.0. The molecule has 1 aromatic carbocycles. The second-order valence-electron chi connectivity index (χ2n) is 4.76. The number of hydrogen-bond donors (Lipinski definition) is 1. The van der Waals surface area contributed by atoms with Crippen molar-refractivity contribution in [1.29, 1.82) is 0 Å². The molecule has 1 aliphatic heterocycles. The van der Waals surface area contributed by atoms with Crippen LogP contribution in [-0.2, 0) is 16.0 Å². The number of halogens is 2. The molecule has 2 heterocycles. The molecule has 1 aliphatic rings. The molecule has 0 aliphatic carbocycles. The van der Waals surface area contributed by atoms with Gasteiger partial charge in [0, 0.05) is 12.7 Å². The van der Waals surface area contributed by atoms with E-state index in [1.54, 1.807) is 17.4 Å². The van der Waals surface area contributed by atoms with Crippen molar-refractivity contribution in [3.8, 4) is 0 Å². The zero-order chi connectivity index (χ0) is 15.5. The minimum atomic E-state index is -1.09. The molecule has 0 spiro atoms. The van der Waals surface area contributed by atoms with Crippen LogP contribution in [0, 0.1) is 11.6 Å². The summed E-state index contributed by atoms with van der Waals surface area (Å²) in [6.45, 7) is 2.87. The first kappa shape index (κ1) is 14.4. The Morgan fingerprint density at radius 1 is 1.27 bits per heavy atom. The number of benzene rings is 1. The molecule has 0 amide bonds. The van der Waals surface area contributed by atoms with Crippen LogP contribution < -0.4 is 4.90 Å². The van der Waals surface area contributed by atoms with Gasteiger partial charge in [-0.25, -0.2) is 13.8 Å². The zero-order valence-electron chi connectivity index (χ0n) is 11.9. The average molecular weight is 307 g/mol. The van der Waals surface area contributed by atoms with Gasteiger partial charge in [0.15, 0.2) is 5.82 Å². The lowest BCUT2D eigenvalue weighted by Gasteiger charge is -2.24. The maximum absolute atomic E-state index is 14.8. The van der Waals surface area contributed by atoms with Crippen LogP contribution >= 0.6 is 0 Å². The van der Waals surface area contributed by atoms with Crippen LogP contribution in [-0.4, -0.2) is 16.5 Å². The van der Waals surface area contributed by atoms with E-state index in [1.807, 2.05) is 6.92 Å². The fourth-order valence-corrected chi connectivity index (χ4v) is 2.34. The molecule has 0 fully saturated rings. The first-order chi connectivity index (χ1) is 10.7. The maximum Gasteiger partial charge on any atom is 0.272 e. The SMILES string of the molecule is CCN(Cc1cnc[nH]1)c1ccc(F)c(C2OC=CO2)c1F. The maximum atomic E-state index is 14.8. The number of aromatic nitrogens is 2. The van der Waals surface area contributed by atoms with Crippen molar-refractivity contribution < 1.29 is 18.3 Å². The molecular formula is C15H15F2N3O2. The number of nitrogens with zero attached hydrogens (tertiary/aromatic N) is 2. The van der Waals surface area contributed by atoms with E-state index in [9.17, 15) is 8.78 Å². The van der Waals surface area contributed by atoms with Gasteiger partial charge in [0.1, 0.15) is 23.9 Å². The van der Waals surface area contributed by atoms with E-state index in [4.69, 9.17) is 9.47 Å². The van der Waals surface area contributed by atoms with E-state index in [2.05, 4.69) is 9.97 Å². The Kier molecular flexibility index (Phi) is 3.95. The summed E-state index contributed by atoms with van der Waals surface area (Å²) in [4.78, 5) is 8.67. The van der Waals surface area contributed by atoms with Crippen LogP contribution in [0.3, 0.4) is 0 Å². The highest BCUT2D eigenvalue weighted by atomic mass is 19.1. The van der Waals surface area contributed by atoms with E-state index < -0.39 is 17.9 Å². The van der Waals surface area contributed by atoms with Crippen LogP contribution in [0.25, 0.3) is 0 Å². The second kappa shape index (κ2) is 6.05. The van der Waals surface area contributed by atoms with Crippen molar-refractivity contribution in [1.82, 2.24) is 9.97 Å². The number of nitrogens with one attached hydrogen (secondary N) is 1. The van der Waals surface area contributed by atoms with Gasteiger partial charge in [-0.15, -0.1) is 0 Å². The van der Waals surface area contributed by atoms with E-state index in [0.29, 0.717) is 13.1 Å². The second-order valence-corrected chi connectivity index (χ2v) is 4.76. The van der Waals surface area contributed by atoms with Gasteiger partial charge >= 0.3 is 0 Å².